The minimum absolute atomic E-state index is 0.168. The van der Waals surface area contributed by atoms with Gasteiger partial charge in [-0.05, 0) is 24.3 Å². The Kier molecular flexibility index (Phi) is 4.84. The third-order valence-electron chi connectivity index (χ3n) is 4.02. The minimum Gasteiger partial charge on any atom is -0.504 e. The van der Waals surface area contributed by atoms with Gasteiger partial charge in [0.05, 0.1) is 12.7 Å². The molecule has 0 aliphatic carbocycles. The highest BCUT2D eigenvalue weighted by Gasteiger charge is 2.27. The molecule has 0 bridgehead atoms. The van der Waals surface area contributed by atoms with Gasteiger partial charge >= 0.3 is 0 Å². The highest BCUT2D eigenvalue weighted by molar-refractivity contribution is 6.35. The topological polar surface area (TPSA) is 117 Å². The molecule has 3 amide bonds. The molecule has 0 radical (unpaired) electrons. The quantitative estimate of drug-likeness (QED) is 0.244. The number of benzene rings is 2. The van der Waals surface area contributed by atoms with E-state index in [4.69, 9.17) is 4.74 Å². The summed E-state index contributed by atoms with van der Waals surface area (Å²) in [5, 5.41) is 12.0. The normalized spacial score (nSPS) is 14.3. The number of phenols is 1. The highest BCUT2D eigenvalue weighted by Crippen LogP contribution is 2.26. The molecule has 0 spiro atoms. The summed E-state index contributed by atoms with van der Waals surface area (Å²) in [6.45, 7) is 0. The second-order valence-electron chi connectivity index (χ2n) is 5.88. The van der Waals surface area contributed by atoms with Crippen LogP contribution in [0.2, 0.25) is 0 Å². The number of phenolic OH excluding ortho intramolecular Hbond substituents is 1. The van der Waals surface area contributed by atoms with Gasteiger partial charge in [0.1, 0.15) is 7.85 Å². The molecule has 0 fully saturated rings. The van der Waals surface area contributed by atoms with E-state index in [9.17, 15) is 19.5 Å². The summed E-state index contributed by atoms with van der Waals surface area (Å²) < 4.78 is 4.92. The van der Waals surface area contributed by atoms with Crippen molar-refractivity contribution in [2.24, 2.45) is 0 Å². The van der Waals surface area contributed by atoms with Gasteiger partial charge in [-0.25, -0.2) is 0 Å². The summed E-state index contributed by atoms with van der Waals surface area (Å²) >= 11 is 0. The first-order chi connectivity index (χ1) is 12.9. The fourth-order valence-electron chi connectivity index (χ4n) is 2.66. The van der Waals surface area contributed by atoms with Crippen LogP contribution in [0.15, 0.2) is 42.6 Å². The van der Waals surface area contributed by atoms with Crippen molar-refractivity contribution in [1.82, 2.24) is 16.2 Å². The highest BCUT2D eigenvalue weighted by atomic mass is 16.5. The SMILES string of the molecule is Bc1ccc2c(c1)/C(=C/NNC(=O)c1ccc(OC)c(O)c1)C(=O)NC2=O. The molecule has 0 aromatic heterocycles. The van der Waals surface area contributed by atoms with Gasteiger partial charge in [-0.1, -0.05) is 17.6 Å². The zero-order valence-electron chi connectivity index (χ0n) is 14.6. The molecule has 4 N–H and O–H groups in total. The molecule has 0 saturated carbocycles. The van der Waals surface area contributed by atoms with Crippen molar-refractivity contribution in [2.75, 3.05) is 7.11 Å². The maximum atomic E-state index is 12.2. The number of nitrogens with one attached hydrogen (secondary N) is 3. The number of fused-ring (bicyclic) bond motifs is 1. The Hall–Kier alpha value is -3.75. The average molecular weight is 365 g/mol. The summed E-state index contributed by atoms with van der Waals surface area (Å²) in [6.07, 6.45) is 1.31. The van der Waals surface area contributed by atoms with E-state index in [1.54, 1.807) is 18.2 Å². The molecule has 1 aliphatic heterocycles. The van der Waals surface area contributed by atoms with Gasteiger partial charge in [0.25, 0.3) is 17.7 Å². The van der Waals surface area contributed by atoms with E-state index in [1.807, 2.05) is 7.85 Å². The van der Waals surface area contributed by atoms with Gasteiger partial charge < -0.3 is 15.3 Å². The predicted octanol–water partition coefficient (Wildman–Crippen LogP) is -0.795. The number of hydrogen-bond acceptors (Lipinski definition) is 6. The zero-order chi connectivity index (χ0) is 19.6. The summed E-state index contributed by atoms with van der Waals surface area (Å²) in [5.74, 6) is -1.48. The molecular formula is C18H16BN3O5. The Labute approximate surface area is 155 Å². The van der Waals surface area contributed by atoms with Crippen molar-refractivity contribution in [3.63, 3.8) is 0 Å². The maximum Gasteiger partial charge on any atom is 0.269 e. The Morgan fingerprint density at radius 3 is 2.63 bits per heavy atom. The number of imide groups is 1. The number of hydrogen-bond donors (Lipinski definition) is 4. The molecule has 1 aliphatic rings. The van der Waals surface area contributed by atoms with Crippen LogP contribution in [-0.2, 0) is 4.79 Å². The lowest BCUT2D eigenvalue weighted by Gasteiger charge is -2.19. The van der Waals surface area contributed by atoms with Gasteiger partial charge in [0, 0.05) is 22.9 Å². The van der Waals surface area contributed by atoms with Gasteiger partial charge in [-0.3, -0.25) is 25.1 Å². The third kappa shape index (κ3) is 3.62. The molecule has 27 heavy (non-hydrogen) atoms. The van der Waals surface area contributed by atoms with Crippen LogP contribution in [0, 0.1) is 0 Å². The Morgan fingerprint density at radius 2 is 1.93 bits per heavy atom. The van der Waals surface area contributed by atoms with Crippen molar-refractivity contribution in [1.29, 1.82) is 0 Å². The van der Waals surface area contributed by atoms with E-state index in [2.05, 4.69) is 16.2 Å². The lowest BCUT2D eigenvalue weighted by molar-refractivity contribution is -0.114. The van der Waals surface area contributed by atoms with Crippen LogP contribution in [0.25, 0.3) is 5.57 Å². The summed E-state index contributed by atoms with van der Waals surface area (Å²) in [5.41, 5.74) is 7.12. The Balaban J connectivity index is 1.78. The van der Waals surface area contributed by atoms with Crippen LogP contribution in [-0.4, -0.2) is 37.8 Å². The largest absolute Gasteiger partial charge is 0.504 e. The van der Waals surface area contributed by atoms with Crippen molar-refractivity contribution in [2.45, 2.75) is 0 Å². The summed E-state index contributed by atoms with van der Waals surface area (Å²) in [4.78, 5) is 36.2. The second-order valence-corrected chi connectivity index (χ2v) is 5.88. The average Bonchev–Trinajstić information content (AvgIpc) is 2.63. The molecular weight excluding hydrogens is 349 g/mol. The van der Waals surface area contributed by atoms with E-state index in [-0.39, 0.29) is 22.6 Å². The molecule has 0 saturated heterocycles. The predicted molar refractivity (Wildman–Crippen MR) is 100 cm³/mol. The lowest BCUT2D eigenvalue weighted by Crippen LogP contribution is -2.39. The first-order valence-electron chi connectivity index (χ1n) is 8.00. The second kappa shape index (κ2) is 7.24. The monoisotopic (exact) mass is 365 g/mol. The van der Waals surface area contributed by atoms with E-state index in [0.717, 1.165) is 5.46 Å². The van der Waals surface area contributed by atoms with Crippen molar-refractivity contribution >= 4 is 36.6 Å². The van der Waals surface area contributed by atoms with Gasteiger partial charge in [-0.2, -0.15) is 0 Å². The van der Waals surface area contributed by atoms with Crippen LogP contribution in [0.4, 0.5) is 0 Å². The fourth-order valence-corrected chi connectivity index (χ4v) is 2.66. The van der Waals surface area contributed by atoms with Gasteiger partial charge in [0.15, 0.2) is 11.5 Å². The molecule has 2 aromatic carbocycles. The number of aromatic hydroxyl groups is 1. The Bertz CT molecular complexity index is 987. The standard InChI is InChI=1S/C18H16BN3O5/c1-27-15-5-2-9(6-14(15)23)16(24)22-20-8-13-12-7-10(19)3-4-11(12)17(25)21-18(13)26/h2-8,20,23H,19H2,1H3,(H,22,24)(H,21,25,26)/b13-8-. The van der Waals surface area contributed by atoms with E-state index in [1.165, 1.54) is 31.5 Å². The van der Waals surface area contributed by atoms with Crippen LogP contribution in [0.3, 0.4) is 0 Å². The fraction of sp³-hybridized carbons (Fsp3) is 0.0556. The van der Waals surface area contributed by atoms with Crippen molar-refractivity contribution < 1.29 is 24.2 Å². The first kappa shape index (κ1) is 18.1. The summed E-state index contributed by atoms with van der Waals surface area (Å²) in [7, 11) is 3.25. The van der Waals surface area contributed by atoms with E-state index >= 15 is 0 Å². The zero-order valence-corrected chi connectivity index (χ0v) is 14.6. The van der Waals surface area contributed by atoms with Crippen molar-refractivity contribution in [3.8, 4) is 11.5 Å². The lowest BCUT2D eigenvalue weighted by atomic mass is 9.87. The molecule has 0 atom stereocenters. The van der Waals surface area contributed by atoms with Crippen LogP contribution in [0.1, 0.15) is 26.3 Å². The first-order valence-corrected chi connectivity index (χ1v) is 8.00. The van der Waals surface area contributed by atoms with Gasteiger partial charge in [0.2, 0.25) is 0 Å². The maximum absolute atomic E-state index is 12.2. The molecule has 2 aromatic rings. The molecule has 3 rings (SSSR count). The van der Waals surface area contributed by atoms with Gasteiger partial charge in [-0.15, -0.1) is 0 Å². The van der Waals surface area contributed by atoms with Crippen LogP contribution in [0.5, 0.6) is 11.5 Å². The number of rotatable bonds is 4. The van der Waals surface area contributed by atoms with Crippen LogP contribution >= 0.6 is 0 Å². The van der Waals surface area contributed by atoms with E-state index < -0.39 is 17.7 Å². The minimum atomic E-state index is -0.568. The number of carbonyl (C=O) groups excluding carboxylic acids is 3. The molecule has 0 unspecified atom stereocenters. The number of ether oxygens (including phenoxy) is 1. The van der Waals surface area contributed by atoms with Crippen molar-refractivity contribution in [3.05, 3.63) is 59.3 Å². The Morgan fingerprint density at radius 1 is 1.15 bits per heavy atom. The molecule has 136 valence electrons. The van der Waals surface area contributed by atoms with Crippen LogP contribution < -0.4 is 26.4 Å². The van der Waals surface area contributed by atoms with E-state index in [0.29, 0.717) is 11.1 Å². The number of methoxy groups -OCH3 is 1. The summed E-state index contributed by atoms with van der Waals surface area (Å²) in [6, 6.07) is 9.34. The number of amides is 3. The molecule has 9 heteroatoms. The molecule has 8 nitrogen and oxygen atoms in total. The molecule has 1 heterocycles. The number of hydrazine groups is 1. The number of carbonyl (C=O) groups is 3. The third-order valence-corrected chi connectivity index (χ3v) is 4.02. The smallest absolute Gasteiger partial charge is 0.269 e.